The van der Waals surface area contributed by atoms with Crippen molar-refractivity contribution >= 4 is 11.6 Å². The maximum absolute atomic E-state index is 9.68. The summed E-state index contributed by atoms with van der Waals surface area (Å²) >= 11 is 5.80. The normalized spacial score (nSPS) is 12.6. The number of hydrogen-bond acceptors (Lipinski definition) is 4. The molecule has 4 N–H and O–H groups in total. The van der Waals surface area contributed by atoms with Gasteiger partial charge in [0.15, 0.2) is 0 Å². The van der Waals surface area contributed by atoms with Crippen LogP contribution in [0.25, 0.3) is 0 Å². The zero-order valence-corrected chi connectivity index (χ0v) is 8.58. The van der Waals surface area contributed by atoms with E-state index in [0.717, 1.165) is 0 Å². The molecule has 78 valence electrons. The summed E-state index contributed by atoms with van der Waals surface area (Å²) in [4.78, 5) is 0. The van der Waals surface area contributed by atoms with Gasteiger partial charge in [0.25, 0.3) is 0 Å². The number of nitrogens with one attached hydrogen (secondary N) is 1. The fraction of sp³-hybridized carbons (Fsp3) is 0.333. The molecular formula is C9H13ClN2O2. The Bertz CT molecular complexity index is 307. The van der Waals surface area contributed by atoms with E-state index in [1.807, 2.05) is 0 Å². The SMILES string of the molecule is COc1ccc(Cl)cc1C(O)CNN. The number of ether oxygens (including phenoxy) is 1. The highest BCUT2D eigenvalue weighted by Crippen LogP contribution is 2.27. The lowest BCUT2D eigenvalue weighted by Crippen LogP contribution is -2.27. The van der Waals surface area contributed by atoms with Crippen molar-refractivity contribution in [2.75, 3.05) is 13.7 Å². The van der Waals surface area contributed by atoms with Gasteiger partial charge < -0.3 is 9.84 Å². The Balaban J connectivity index is 2.97. The second-order valence-corrected chi connectivity index (χ2v) is 3.25. The van der Waals surface area contributed by atoms with Crippen LogP contribution in [0.3, 0.4) is 0 Å². The van der Waals surface area contributed by atoms with Crippen LogP contribution < -0.4 is 16.0 Å². The Kier molecular flexibility index (Phi) is 4.16. The van der Waals surface area contributed by atoms with Gasteiger partial charge in [0.05, 0.1) is 13.2 Å². The molecule has 0 radical (unpaired) electrons. The summed E-state index contributed by atoms with van der Waals surface area (Å²) in [5, 5.41) is 10.2. The van der Waals surface area contributed by atoms with E-state index in [4.69, 9.17) is 22.2 Å². The van der Waals surface area contributed by atoms with Gasteiger partial charge >= 0.3 is 0 Å². The number of benzene rings is 1. The minimum Gasteiger partial charge on any atom is -0.496 e. The summed E-state index contributed by atoms with van der Waals surface area (Å²) in [6, 6.07) is 5.06. The van der Waals surface area contributed by atoms with E-state index in [0.29, 0.717) is 16.3 Å². The van der Waals surface area contributed by atoms with E-state index in [-0.39, 0.29) is 6.54 Å². The zero-order chi connectivity index (χ0) is 10.6. The molecule has 0 aliphatic carbocycles. The molecule has 0 aromatic heterocycles. The minimum absolute atomic E-state index is 0.247. The van der Waals surface area contributed by atoms with E-state index >= 15 is 0 Å². The fourth-order valence-corrected chi connectivity index (χ4v) is 1.37. The number of halogens is 1. The van der Waals surface area contributed by atoms with Crippen LogP contribution in [0.4, 0.5) is 0 Å². The Morgan fingerprint density at radius 3 is 2.93 bits per heavy atom. The van der Waals surface area contributed by atoms with Gasteiger partial charge in [-0.1, -0.05) is 11.6 Å². The van der Waals surface area contributed by atoms with Gasteiger partial charge in [-0.05, 0) is 18.2 Å². The first-order valence-corrected chi connectivity index (χ1v) is 4.51. The number of aliphatic hydroxyl groups is 1. The number of nitrogens with two attached hydrogens (primary N) is 1. The van der Waals surface area contributed by atoms with Crippen molar-refractivity contribution in [3.05, 3.63) is 28.8 Å². The summed E-state index contributed by atoms with van der Waals surface area (Å²) in [5.41, 5.74) is 3.01. The lowest BCUT2D eigenvalue weighted by Gasteiger charge is -2.14. The Morgan fingerprint density at radius 1 is 1.64 bits per heavy atom. The van der Waals surface area contributed by atoms with Crippen molar-refractivity contribution in [3.8, 4) is 5.75 Å². The molecule has 0 amide bonds. The molecule has 1 atom stereocenters. The summed E-state index contributed by atoms with van der Waals surface area (Å²) in [6.07, 6.45) is -0.728. The Labute approximate surface area is 87.6 Å². The van der Waals surface area contributed by atoms with Crippen LogP contribution in [0.2, 0.25) is 5.02 Å². The molecule has 14 heavy (non-hydrogen) atoms. The number of hydrogen-bond donors (Lipinski definition) is 3. The molecule has 0 saturated heterocycles. The van der Waals surface area contributed by atoms with Crippen LogP contribution in [0.1, 0.15) is 11.7 Å². The molecule has 1 rings (SSSR count). The van der Waals surface area contributed by atoms with E-state index in [1.54, 1.807) is 18.2 Å². The summed E-state index contributed by atoms with van der Waals surface area (Å²) in [5.74, 6) is 5.71. The highest BCUT2D eigenvalue weighted by Gasteiger charge is 2.12. The van der Waals surface area contributed by atoms with Crippen molar-refractivity contribution in [3.63, 3.8) is 0 Å². The number of hydrazine groups is 1. The lowest BCUT2D eigenvalue weighted by molar-refractivity contribution is 0.171. The predicted molar refractivity (Wildman–Crippen MR) is 55.2 cm³/mol. The molecule has 4 nitrogen and oxygen atoms in total. The topological polar surface area (TPSA) is 67.5 Å². The number of rotatable bonds is 4. The summed E-state index contributed by atoms with van der Waals surface area (Å²) in [7, 11) is 1.54. The molecule has 0 fully saturated rings. The second-order valence-electron chi connectivity index (χ2n) is 2.81. The molecule has 0 aliphatic rings. The third-order valence-corrected chi connectivity index (χ3v) is 2.10. The molecule has 1 aromatic rings. The molecule has 0 heterocycles. The second kappa shape index (κ2) is 5.17. The van der Waals surface area contributed by atoms with Crippen LogP contribution in [0.5, 0.6) is 5.75 Å². The molecule has 1 unspecified atom stereocenters. The molecule has 0 aliphatic heterocycles. The molecule has 5 heteroatoms. The van der Waals surface area contributed by atoms with Crippen LogP contribution >= 0.6 is 11.6 Å². The van der Waals surface area contributed by atoms with E-state index in [9.17, 15) is 5.11 Å². The van der Waals surface area contributed by atoms with Crippen molar-refractivity contribution in [2.45, 2.75) is 6.10 Å². The van der Waals surface area contributed by atoms with Gasteiger partial charge in [-0.2, -0.15) is 0 Å². The third-order valence-electron chi connectivity index (χ3n) is 1.86. The largest absolute Gasteiger partial charge is 0.496 e. The first-order chi connectivity index (χ1) is 6.69. The maximum Gasteiger partial charge on any atom is 0.124 e. The molecule has 0 saturated carbocycles. The van der Waals surface area contributed by atoms with Gasteiger partial charge in [-0.3, -0.25) is 11.3 Å². The lowest BCUT2D eigenvalue weighted by atomic mass is 10.1. The van der Waals surface area contributed by atoms with Gasteiger partial charge in [0.1, 0.15) is 5.75 Å². The summed E-state index contributed by atoms with van der Waals surface area (Å²) < 4.78 is 5.08. The standard InChI is InChI=1S/C9H13ClN2O2/c1-14-9-3-2-6(10)4-7(9)8(13)5-12-11/h2-4,8,12-13H,5,11H2,1H3. The smallest absolute Gasteiger partial charge is 0.124 e. The van der Waals surface area contributed by atoms with Crippen molar-refractivity contribution in [1.29, 1.82) is 0 Å². The highest BCUT2D eigenvalue weighted by molar-refractivity contribution is 6.30. The van der Waals surface area contributed by atoms with Gasteiger partial charge in [-0.25, -0.2) is 0 Å². The van der Waals surface area contributed by atoms with E-state index < -0.39 is 6.10 Å². The van der Waals surface area contributed by atoms with Crippen molar-refractivity contribution in [1.82, 2.24) is 5.43 Å². The average molecular weight is 217 g/mol. The molecule has 0 spiro atoms. The predicted octanol–water partition coefficient (Wildman–Crippen LogP) is 0.845. The van der Waals surface area contributed by atoms with Gasteiger partial charge in [-0.15, -0.1) is 0 Å². The zero-order valence-electron chi connectivity index (χ0n) is 7.83. The Hall–Kier alpha value is -0.810. The van der Waals surface area contributed by atoms with Crippen LogP contribution in [0.15, 0.2) is 18.2 Å². The molecular weight excluding hydrogens is 204 g/mol. The quantitative estimate of drug-likeness (QED) is 0.516. The van der Waals surface area contributed by atoms with Crippen molar-refractivity contribution < 1.29 is 9.84 Å². The summed E-state index contributed by atoms with van der Waals surface area (Å²) in [6.45, 7) is 0.247. The van der Waals surface area contributed by atoms with E-state index in [1.165, 1.54) is 7.11 Å². The first-order valence-electron chi connectivity index (χ1n) is 4.14. The first kappa shape index (κ1) is 11.3. The number of aliphatic hydroxyl groups excluding tert-OH is 1. The monoisotopic (exact) mass is 216 g/mol. The Morgan fingerprint density at radius 2 is 2.36 bits per heavy atom. The van der Waals surface area contributed by atoms with Crippen LogP contribution in [-0.4, -0.2) is 18.8 Å². The van der Waals surface area contributed by atoms with Gasteiger partial charge in [0, 0.05) is 17.1 Å². The molecule has 1 aromatic carbocycles. The number of methoxy groups -OCH3 is 1. The average Bonchev–Trinajstić information content (AvgIpc) is 2.18. The van der Waals surface area contributed by atoms with E-state index in [2.05, 4.69) is 5.43 Å². The molecule has 0 bridgehead atoms. The van der Waals surface area contributed by atoms with Crippen LogP contribution in [0, 0.1) is 0 Å². The highest BCUT2D eigenvalue weighted by atomic mass is 35.5. The van der Waals surface area contributed by atoms with Gasteiger partial charge in [0.2, 0.25) is 0 Å². The minimum atomic E-state index is -0.728. The third kappa shape index (κ3) is 2.59. The fourth-order valence-electron chi connectivity index (χ4n) is 1.19. The van der Waals surface area contributed by atoms with Crippen LogP contribution in [-0.2, 0) is 0 Å². The maximum atomic E-state index is 9.68. The van der Waals surface area contributed by atoms with Crippen molar-refractivity contribution in [2.24, 2.45) is 5.84 Å².